The third kappa shape index (κ3) is 2.60. The maximum absolute atomic E-state index is 11.3. The summed E-state index contributed by atoms with van der Waals surface area (Å²) in [6.45, 7) is 6.14. The van der Waals surface area contributed by atoms with Gasteiger partial charge in [0.2, 0.25) is 0 Å². The third-order valence-electron chi connectivity index (χ3n) is 1.56. The highest BCUT2D eigenvalue weighted by molar-refractivity contribution is 5.73. The zero-order valence-corrected chi connectivity index (χ0v) is 8.09. The van der Waals surface area contributed by atoms with Crippen molar-refractivity contribution in [1.82, 2.24) is 4.90 Å². The molecule has 1 heterocycles. The van der Waals surface area contributed by atoms with Crippen molar-refractivity contribution in [2.24, 2.45) is 0 Å². The monoisotopic (exact) mass is 183 g/mol. The average molecular weight is 183 g/mol. The summed E-state index contributed by atoms with van der Waals surface area (Å²) in [5.74, 6) is 1.77. The summed E-state index contributed by atoms with van der Waals surface area (Å²) < 4.78 is 5.08. The second-order valence-electron chi connectivity index (χ2n) is 4.04. The highest BCUT2D eigenvalue weighted by Gasteiger charge is 2.29. The summed E-state index contributed by atoms with van der Waals surface area (Å²) in [4.78, 5) is 22.8. The van der Waals surface area contributed by atoms with Crippen LogP contribution < -0.4 is 0 Å². The number of carbonyl (C=O) groups excluding carboxylic acids is 2. The standard InChI is InChI=1S/C9H13NO3/c1-9(2,3)13-8(12)10-4-7(5-10)6-11/h4-5H2,1-3H3. The molecule has 1 fully saturated rings. The molecule has 0 bridgehead atoms. The lowest BCUT2D eigenvalue weighted by Crippen LogP contribution is -2.47. The van der Waals surface area contributed by atoms with Crippen molar-refractivity contribution in [3.8, 4) is 0 Å². The van der Waals surface area contributed by atoms with Gasteiger partial charge in [0.15, 0.2) is 0 Å². The van der Waals surface area contributed by atoms with E-state index < -0.39 is 5.60 Å². The average Bonchev–Trinajstić information content (AvgIpc) is 1.79. The number of nitrogens with zero attached hydrogens (tertiary/aromatic N) is 1. The summed E-state index contributed by atoms with van der Waals surface area (Å²) >= 11 is 0. The van der Waals surface area contributed by atoms with Crippen molar-refractivity contribution >= 4 is 12.0 Å². The van der Waals surface area contributed by atoms with E-state index >= 15 is 0 Å². The molecule has 0 radical (unpaired) electrons. The van der Waals surface area contributed by atoms with Crippen LogP contribution in [0.5, 0.6) is 0 Å². The van der Waals surface area contributed by atoms with Gasteiger partial charge in [-0.3, -0.25) is 4.90 Å². The summed E-state index contributed by atoms with van der Waals surface area (Å²) in [5, 5.41) is 0. The molecule has 0 aromatic carbocycles. The highest BCUT2D eigenvalue weighted by Crippen LogP contribution is 2.16. The lowest BCUT2D eigenvalue weighted by Gasteiger charge is -2.33. The van der Waals surface area contributed by atoms with Gasteiger partial charge in [-0.15, -0.1) is 0 Å². The first kappa shape index (κ1) is 9.81. The largest absolute Gasteiger partial charge is 0.444 e. The van der Waals surface area contributed by atoms with E-state index in [1.807, 2.05) is 0 Å². The number of carbonyl (C=O) groups is 1. The molecule has 0 aliphatic carbocycles. The molecule has 1 amide bonds. The fourth-order valence-electron chi connectivity index (χ4n) is 0.935. The van der Waals surface area contributed by atoms with Crippen LogP contribution in [-0.4, -0.2) is 35.6 Å². The fourth-order valence-corrected chi connectivity index (χ4v) is 0.935. The van der Waals surface area contributed by atoms with Crippen LogP contribution in [-0.2, 0) is 9.53 Å². The van der Waals surface area contributed by atoms with Gasteiger partial charge in [-0.25, -0.2) is 9.59 Å². The molecule has 0 aromatic heterocycles. The van der Waals surface area contributed by atoms with E-state index in [2.05, 4.69) is 0 Å². The summed E-state index contributed by atoms with van der Waals surface area (Å²) in [6, 6.07) is 0. The molecule has 0 unspecified atom stereocenters. The molecule has 4 nitrogen and oxygen atoms in total. The van der Waals surface area contributed by atoms with Gasteiger partial charge in [0.1, 0.15) is 11.5 Å². The first-order valence-corrected chi connectivity index (χ1v) is 4.13. The van der Waals surface area contributed by atoms with Crippen molar-refractivity contribution in [2.45, 2.75) is 26.4 Å². The Morgan fingerprint density at radius 1 is 1.46 bits per heavy atom. The van der Waals surface area contributed by atoms with Gasteiger partial charge >= 0.3 is 6.09 Å². The first-order chi connectivity index (χ1) is 5.92. The SMILES string of the molecule is CC(C)(C)OC(=O)N1CC(=C=O)C1. The third-order valence-corrected chi connectivity index (χ3v) is 1.56. The summed E-state index contributed by atoms with van der Waals surface area (Å²) in [6.07, 6.45) is -0.369. The Hall–Kier alpha value is -1.28. The lowest BCUT2D eigenvalue weighted by atomic mass is 10.1. The molecular weight excluding hydrogens is 170 g/mol. The topological polar surface area (TPSA) is 46.6 Å². The molecule has 0 aromatic rings. The van der Waals surface area contributed by atoms with Crippen LogP contribution in [0.15, 0.2) is 5.57 Å². The van der Waals surface area contributed by atoms with E-state index in [4.69, 9.17) is 4.74 Å². The van der Waals surface area contributed by atoms with Gasteiger partial charge in [-0.1, -0.05) is 0 Å². The molecule has 1 rings (SSSR count). The predicted octanol–water partition coefficient (Wildman–Crippen LogP) is 0.995. The second-order valence-corrected chi connectivity index (χ2v) is 4.04. The molecule has 1 aliphatic rings. The quantitative estimate of drug-likeness (QED) is 0.526. The smallest absolute Gasteiger partial charge is 0.410 e. The number of hydrogen-bond acceptors (Lipinski definition) is 3. The van der Waals surface area contributed by atoms with Gasteiger partial charge in [0.05, 0.1) is 18.7 Å². The van der Waals surface area contributed by atoms with Crippen LogP contribution in [0, 0.1) is 0 Å². The van der Waals surface area contributed by atoms with Gasteiger partial charge in [-0.2, -0.15) is 0 Å². The summed E-state index contributed by atoms with van der Waals surface area (Å²) in [7, 11) is 0. The van der Waals surface area contributed by atoms with Crippen molar-refractivity contribution < 1.29 is 14.3 Å². The van der Waals surface area contributed by atoms with Crippen LogP contribution in [0.1, 0.15) is 20.8 Å². The Morgan fingerprint density at radius 3 is 2.38 bits per heavy atom. The Balaban J connectivity index is 2.40. The van der Waals surface area contributed by atoms with Crippen molar-refractivity contribution in [1.29, 1.82) is 0 Å². The first-order valence-electron chi connectivity index (χ1n) is 4.13. The second kappa shape index (κ2) is 3.23. The minimum Gasteiger partial charge on any atom is -0.444 e. The Kier molecular flexibility index (Phi) is 2.43. The molecule has 0 atom stereocenters. The van der Waals surface area contributed by atoms with Crippen molar-refractivity contribution in [3.63, 3.8) is 0 Å². The van der Waals surface area contributed by atoms with Crippen molar-refractivity contribution in [3.05, 3.63) is 5.57 Å². The van der Waals surface area contributed by atoms with Gasteiger partial charge in [0.25, 0.3) is 0 Å². The van der Waals surface area contributed by atoms with E-state index in [-0.39, 0.29) is 6.09 Å². The van der Waals surface area contributed by atoms with Gasteiger partial charge in [-0.05, 0) is 20.8 Å². The highest BCUT2D eigenvalue weighted by atomic mass is 16.6. The van der Waals surface area contributed by atoms with Crippen LogP contribution in [0.2, 0.25) is 0 Å². The zero-order valence-electron chi connectivity index (χ0n) is 8.09. The van der Waals surface area contributed by atoms with E-state index in [0.29, 0.717) is 18.7 Å². The van der Waals surface area contributed by atoms with E-state index in [0.717, 1.165) is 0 Å². The number of amides is 1. The van der Waals surface area contributed by atoms with Crippen molar-refractivity contribution in [2.75, 3.05) is 13.1 Å². The van der Waals surface area contributed by atoms with Crippen LogP contribution in [0.4, 0.5) is 4.79 Å². The van der Waals surface area contributed by atoms with E-state index in [9.17, 15) is 9.59 Å². The normalized spacial score (nSPS) is 16.2. The molecule has 4 heteroatoms. The minimum absolute atomic E-state index is 0.360. The van der Waals surface area contributed by atoms with Crippen LogP contribution >= 0.6 is 0 Å². The fraction of sp³-hybridized carbons (Fsp3) is 0.667. The molecule has 1 saturated heterocycles. The molecule has 0 saturated carbocycles. The molecular formula is C9H13NO3. The Morgan fingerprint density at radius 2 is 2.00 bits per heavy atom. The van der Waals surface area contributed by atoms with Gasteiger partial charge < -0.3 is 4.74 Å². The molecule has 0 spiro atoms. The Labute approximate surface area is 77.2 Å². The lowest BCUT2D eigenvalue weighted by molar-refractivity contribution is 0.0217. The number of rotatable bonds is 0. The number of likely N-dealkylation sites (tertiary alicyclic amines) is 1. The van der Waals surface area contributed by atoms with Gasteiger partial charge in [0, 0.05) is 0 Å². The molecule has 72 valence electrons. The maximum Gasteiger partial charge on any atom is 0.410 e. The molecule has 0 N–H and O–H groups in total. The van der Waals surface area contributed by atoms with E-state index in [1.165, 1.54) is 4.90 Å². The zero-order chi connectivity index (χ0) is 10.1. The predicted molar refractivity (Wildman–Crippen MR) is 47.0 cm³/mol. The molecule has 13 heavy (non-hydrogen) atoms. The number of ether oxygens (including phenoxy) is 1. The van der Waals surface area contributed by atoms with E-state index in [1.54, 1.807) is 26.7 Å². The Bertz CT molecular complexity index is 263. The maximum atomic E-state index is 11.3. The van der Waals surface area contributed by atoms with Crippen LogP contribution in [0.25, 0.3) is 0 Å². The minimum atomic E-state index is -0.474. The van der Waals surface area contributed by atoms with Crippen LogP contribution in [0.3, 0.4) is 0 Å². The molecule has 1 aliphatic heterocycles. The number of hydrogen-bond donors (Lipinski definition) is 0. The summed E-state index contributed by atoms with van der Waals surface area (Å²) in [5.41, 5.74) is 0.142.